The van der Waals surface area contributed by atoms with Crippen LogP contribution in [0.15, 0.2) is 48.5 Å². The number of hydrogen-bond acceptors (Lipinski definition) is 3. The summed E-state index contributed by atoms with van der Waals surface area (Å²) >= 11 is 0. The number of hydrogen-bond donors (Lipinski definition) is 2. The Labute approximate surface area is 145 Å². The first-order valence-corrected chi connectivity index (χ1v) is 8.37. The highest BCUT2D eigenvalue weighted by Gasteiger charge is 2.22. The summed E-state index contributed by atoms with van der Waals surface area (Å²) in [6.07, 6.45) is 0.750. The average molecular weight is 330 g/mol. The zero-order valence-electron chi connectivity index (χ0n) is 15.6. The monoisotopic (exact) mass is 330 g/mol. The van der Waals surface area contributed by atoms with Crippen LogP contribution in [0.2, 0.25) is 0 Å². The van der Waals surface area contributed by atoms with Crippen molar-refractivity contribution in [3.63, 3.8) is 0 Å². The SMILES string of the molecule is CC(C)(c1ccc(O)cc1)c1ccc(O)cc1.CC(C)OC(C)C. The van der Waals surface area contributed by atoms with Crippen molar-refractivity contribution in [2.45, 2.75) is 59.2 Å². The Kier molecular flexibility index (Phi) is 7.30. The Balaban J connectivity index is 0.000000351. The Bertz CT molecular complexity index is 542. The van der Waals surface area contributed by atoms with E-state index in [1.54, 1.807) is 24.3 Å². The molecular formula is C21H30O3. The van der Waals surface area contributed by atoms with Crippen molar-refractivity contribution in [1.29, 1.82) is 0 Å². The van der Waals surface area contributed by atoms with Gasteiger partial charge in [-0.1, -0.05) is 38.1 Å². The highest BCUT2D eigenvalue weighted by molar-refractivity contribution is 5.41. The molecule has 0 aliphatic heterocycles. The highest BCUT2D eigenvalue weighted by Crippen LogP contribution is 2.32. The van der Waals surface area contributed by atoms with Gasteiger partial charge in [-0.05, 0) is 63.1 Å². The Morgan fingerprint density at radius 2 is 0.958 bits per heavy atom. The van der Waals surface area contributed by atoms with Gasteiger partial charge in [0.25, 0.3) is 0 Å². The average Bonchev–Trinajstić information content (AvgIpc) is 2.47. The molecule has 0 saturated heterocycles. The fourth-order valence-electron chi connectivity index (χ4n) is 2.47. The first kappa shape index (κ1) is 20.0. The number of benzene rings is 2. The van der Waals surface area contributed by atoms with E-state index in [1.165, 1.54) is 0 Å². The number of aromatic hydroxyl groups is 2. The van der Waals surface area contributed by atoms with E-state index in [-0.39, 0.29) is 16.9 Å². The number of phenolic OH excluding ortho intramolecular Hbond substituents is 2. The van der Waals surface area contributed by atoms with Crippen LogP contribution in [0, 0.1) is 0 Å². The lowest BCUT2D eigenvalue weighted by Gasteiger charge is -2.26. The van der Waals surface area contributed by atoms with Crippen LogP contribution in [0.3, 0.4) is 0 Å². The van der Waals surface area contributed by atoms with Gasteiger partial charge in [0.2, 0.25) is 0 Å². The molecule has 0 bridgehead atoms. The van der Waals surface area contributed by atoms with Gasteiger partial charge in [0.05, 0.1) is 12.2 Å². The molecule has 2 aromatic rings. The summed E-state index contributed by atoms with van der Waals surface area (Å²) in [6.45, 7) is 12.4. The second kappa shape index (κ2) is 8.74. The lowest BCUT2D eigenvalue weighted by molar-refractivity contribution is 0.0300. The summed E-state index contributed by atoms with van der Waals surface area (Å²) in [5, 5.41) is 18.6. The van der Waals surface area contributed by atoms with E-state index in [2.05, 4.69) is 13.8 Å². The van der Waals surface area contributed by atoms with Crippen LogP contribution in [0.4, 0.5) is 0 Å². The lowest BCUT2D eigenvalue weighted by Crippen LogP contribution is -2.18. The molecule has 0 radical (unpaired) electrons. The maximum atomic E-state index is 9.30. The van der Waals surface area contributed by atoms with E-state index >= 15 is 0 Å². The molecule has 0 atom stereocenters. The van der Waals surface area contributed by atoms with Crippen LogP contribution >= 0.6 is 0 Å². The molecule has 3 heteroatoms. The molecule has 0 aliphatic carbocycles. The fourth-order valence-corrected chi connectivity index (χ4v) is 2.47. The molecule has 3 nitrogen and oxygen atoms in total. The molecule has 0 fully saturated rings. The molecule has 0 saturated carbocycles. The molecule has 0 heterocycles. The molecule has 2 N–H and O–H groups in total. The quantitative estimate of drug-likeness (QED) is 0.805. The van der Waals surface area contributed by atoms with E-state index in [1.807, 2.05) is 52.0 Å². The van der Waals surface area contributed by atoms with Gasteiger partial charge in [0, 0.05) is 5.41 Å². The Morgan fingerprint density at radius 1 is 0.667 bits per heavy atom. The fraction of sp³-hybridized carbons (Fsp3) is 0.429. The van der Waals surface area contributed by atoms with Crippen molar-refractivity contribution in [2.75, 3.05) is 0 Å². The third-order valence-electron chi connectivity index (χ3n) is 3.72. The van der Waals surface area contributed by atoms with Crippen molar-refractivity contribution >= 4 is 0 Å². The molecule has 2 rings (SSSR count). The molecule has 0 amide bonds. The summed E-state index contributed by atoms with van der Waals surface area (Å²) in [5.74, 6) is 0.547. The molecule has 0 unspecified atom stereocenters. The highest BCUT2D eigenvalue weighted by atomic mass is 16.5. The van der Waals surface area contributed by atoms with E-state index in [4.69, 9.17) is 4.74 Å². The first-order chi connectivity index (χ1) is 11.1. The van der Waals surface area contributed by atoms with Crippen LogP contribution in [-0.4, -0.2) is 22.4 Å². The molecule has 2 aromatic carbocycles. The Hall–Kier alpha value is -2.00. The third kappa shape index (κ3) is 6.25. The molecule has 132 valence electrons. The van der Waals surface area contributed by atoms with Gasteiger partial charge < -0.3 is 14.9 Å². The Morgan fingerprint density at radius 3 is 1.17 bits per heavy atom. The summed E-state index contributed by atoms with van der Waals surface area (Å²) in [6, 6.07) is 14.4. The predicted octanol–water partition coefficient (Wildman–Crippen LogP) is 5.24. The van der Waals surface area contributed by atoms with Crippen molar-refractivity contribution in [1.82, 2.24) is 0 Å². The van der Waals surface area contributed by atoms with E-state index in [0.29, 0.717) is 12.2 Å². The minimum atomic E-state index is -0.151. The van der Waals surface area contributed by atoms with Gasteiger partial charge in [-0.3, -0.25) is 0 Å². The van der Waals surface area contributed by atoms with Gasteiger partial charge in [0.1, 0.15) is 11.5 Å². The minimum Gasteiger partial charge on any atom is -0.508 e. The lowest BCUT2D eigenvalue weighted by atomic mass is 9.78. The van der Waals surface area contributed by atoms with E-state index in [0.717, 1.165) is 11.1 Å². The maximum Gasteiger partial charge on any atom is 0.115 e. The van der Waals surface area contributed by atoms with Gasteiger partial charge in [0.15, 0.2) is 0 Å². The zero-order chi connectivity index (χ0) is 18.3. The number of phenols is 2. The van der Waals surface area contributed by atoms with Crippen LogP contribution < -0.4 is 0 Å². The molecule has 0 aliphatic rings. The molecular weight excluding hydrogens is 300 g/mol. The summed E-state index contributed by atoms with van der Waals surface area (Å²) in [4.78, 5) is 0. The summed E-state index contributed by atoms with van der Waals surface area (Å²) in [5.41, 5.74) is 2.10. The van der Waals surface area contributed by atoms with Gasteiger partial charge >= 0.3 is 0 Å². The zero-order valence-corrected chi connectivity index (χ0v) is 15.6. The number of rotatable bonds is 4. The minimum absolute atomic E-state index is 0.151. The van der Waals surface area contributed by atoms with Crippen LogP contribution in [0.1, 0.15) is 52.7 Å². The van der Waals surface area contributed by atoms with Crippen LogP contribution in [-0.2, 0) is 10.2 Å². The summed E-state index contributed by atoms with van der Waals surface area (Å²) in [7, 11) is 0. The smallest absolute Gasteiger partial charge is 0.115 e. The topological polar surface area (TPSA) is 49.7 Å². The van der Waals surface area contributed by atoms with Crippen LogP contribution in [0.25, 0.3) is 0 Å². The first-order valence-electron chi connectivity index (χ1n) is 8.37. The largest absolute Gasteiger partial charge is 0.508 e. The second-order valence-electron chi connectivity index (χ2n) is 6.95. The van der Waals surface area contributed by atoms with Crippen molar-refractivity contribution in [2.24, 2.45) is 0 Å². The van der Waals surface area contributed by atoms with Crippen molar-refractivity contribution < 1.29 is 14.9 Å². The standard InChI is InChI=1S/C15H16O2.C6H14O/c1-15(2,11-3-7-13(16)8-4-11)12-5-9-14(17)10-6-12;1-5(2)7-6(3)4/h3-10,16-17H,1-2H3;5-6H,1-4H3. The second-order valence-corrected chi connectivity index (χ2v) is 6.95. The van der Waals surface area contributed by atoms with Gasteiger partial charge in [-0.15, -0.1) is 0 Å². The van der Waals surface area contributed by atoms with Crippen LogP contribution in [0.5, 0.6) is 11.5 Å². The number of ether oxygens (including phenoxy) is 1. The summed E-state index contributed by atoms with van der Waals surface area (Å²) < 4.78 is 5.25. The van der Waals surface area contributed by atoms with Gasteiger partial charge in [-0.2, -0.15) is 0 Å². The van der Waals surface area contributed by atoms with Gasteiger partial charge in [-0.25, -0.2) is 0 Å². The predicted molar refractivity (Wildman–Crippen MR) is 99.7 cm³/mol. The van der Waals surface area contributed by atoms with E-state index < -0.39 is 0 Å². The van der Waals surface area contributed by atoms with Crippen molar-refractivity contribution in [3.05, 3.63) is 59.7 Å². The third-order valence-corrected chi connectivity index (χ3v) is 3.72. The molecule has 0 aromatic heterocycles. The molecule has 0 spiro atoms. The molecule has 24 heavy (non-hydrogen) atoms. The normalized spacial score (nSPS) is 11.3. The maximum absolute atomic E-state index is 9.30. The van der Waals surface area contributed by atoms with E-state index in [9.17, 15) is 10.2 Å². The van der Waals surface area contributed by atoms with Crippen molar-refractivity contribution in [3.8, 4) is 11.5 Å².